The van der Waals surface area contributed by atoms with E-state index in [2.05, 4.69) is 18.7 Å². The summed E-state index contributed by atoms with van der Waals surface area (Å²) in [5.41, 5.74) is 5.69. The first-order chi connectivity index (χ1) is 6.72. The standard InChI is InChI=1S/C12H24N2/c1-9(2)14-7-10-3-4-11(8-14)12(10)5-6-13/h9-12H,3-8,13H2,1-2H3. The van der Waals surface area contributed by atoms with Gasteiger partial charge in [-0.3, -0.25) is 0 Å². The third-order valence-corrected chi connectivity index (χ3v) is 4.29. The van der Waals surface area contributed by atoms with E-state index in [1.165, 1.54) is 32.4 Å². The van der Waals surface area contributed by atoms with Crippen LogP contribution in [0.2, 0.25) is 0 Å². The summed E-state index contributed by atoms with van der Waals surface area (Å²) < 4.78 is 0. The molecule has 1 heterocycles. The largest absolute Gasteiger partial charge is 0.330 e. The Bertz CT molecular complexity index is 177. The smallest absolute Gasteiger partial charge is 0.00388 e. The van der Waals surface area contributed by atoms with Crippen molar-refractivity contribution < 1.29 is 0 Å². The van der Waals surface area contributed by atoms with Gasteiger partial charge >= 0.3 is 0 Å². The van der Waals surface area contributed by atoms with Crippen molar-refractivity contribution in [2.75, 3.05) is 19.6 Å². The second-order valence-electron chi connectivity index (χ2n) is 5.39. The fraction of sp³-hybridized carbons (Fsp3) is 1.00. The molecule has 1 aliphatic heterocycles. The van der Waals surface area contributed by atoms with E-state index < -0.39 is 0 Å². The summed E-state index contributed by atoms with van der Waals surface area (Å²) in [7, 11) is 0. The molecule has 0 aromatic rings. The average Bonchev–Trinajstić information content (AvgIpc) is 2.40. The number of fused-ring (bicyclic) bond motifs is 2. The lowest BCUT2D eigenvalue weighted by Crippen LogP contribution is -2.45. The first kappa shape index (κ1) is 10.4. The molecule has 0 spiro atoms. The minimum Gasteiger partial charge on any atom is -0.330 e. The highest BCUT2D eigenvalue weighted by molar-refractivity contribution is 4.93. The van der Waals surface area contributed by atoms with E-state index in [1.54, 1.807) is 0 Å². The van der Waals surface area contributed by atoms with Gasteiger partial charge in [-0.25, -0.2) is 0 Å². The molecule has 1 aliphatic carbocycles. The van der Waals surface area contributed by atoms with Gasteiger partial charge in [0.2, 0.25) is 0 Å². The third-order valence-electron chi connectivity index (χ3n) is 4.29. The molecule has 82 valence electrons. The molecular weight excluding hydrogens is 172 g/mol. The summed E-state index contributed by atoms with van der Waals surface area (Å²) in [6.07, 6.45) is 4.18. The van der Waals surface area contributed by atoms with Crippen LogP contribution < -0.4 is 5.73 Å². The predicted molar refractivity (Wildman–Crippen MR) is 60.1 cm³/mol. The number of nitrogens with zero attached hydrogens (tertiary/aromatic N) is 1. The first-order valence-electron chi connectivity index (χ1n) is 6.16. The maximum Gasteiger partial charge on any atom is 0.00388 e. The minimum atomic E-state index is 0.733. The lowest BCUT2D eigenvalue weighted by molar-refractivity contribution is 0.0810. The van der Waals surface area contributed by atoms with Crippen LogP contribution in [0.25, 0.3) is 0 Å². The average molecular weight is 196 g/mol. The van der Waals surface area contributed by atoms with Crippen molar-refractivity contribution in [2.24, 2.45) is 23.5 Å². The van der Waals surface area contributed by atoms with Crippen LogP contribution in [-0.2, 0) is 0 Å². The number of piperidine rings is 1. The van der Waals surface area contributed by atoms with E-state index in [1.807, 2.05) is 0 Å². The van der Waals surface area contributed by atoms with Crippen LogP contribution in [0.5, 0.6) is 0 Å². The van der Waals surface area contributed by atoms with E-state index in [9.17, 15) is 0 Å². The highest BCUT2D eigenvalue weighted by Crippen LogP contribution is 2.43. The van der Waals surface area contributed by atoms with Gasteiger partial charge in [0.25, 0.3) is 0 Å². The molecule has 2 N–H and O–H groups in total. The Labute approximate surface area is 87.8 Å². The van der Waals surface area contributed by atoms with Crippen molar-refractivity contribution >= 4 is 0 Å². The Morgan fingerprint density at radius 2 is 1.79 bits per heavy atom. The van der Waals surface area contributed by atoms with E-state index in [-0.39, 0.29) is 0 Å². The van der Waals surface area contributed by atoms with Crippen molar-refractivity contribution in [2.45, 2.75) is 39.2 Å². The zero-order valence-electron chi connectivity index (χ0n) is 9.58. The molecule has 1 saturated heterocycles. The molecule has 2 aliphatic rings. The van der Waals surface area contributed by atoms with Gasteiger partial charge in [0.05, 0.1) is 0 Å². The molecule has 2 fully saturated rings. The van der Waals surface area contributed by atoms with Gasteiger partial charge in [-0.15, -0.1) is 0 Å². The molecule has 2 unspecified atom stereocenters. The van der Waals surface area contributed by atoms with E-state index in [0.717, 1.165) is 30.3 Å². The van der Waals surface area contributed by atoms with Gasteiger partial charge in [-0.05, 0) is 57.4 Å². The summed E-state index contributed by atoms with van der Waals surface area (Å²) in [6.45, 7) is 8.20. The van der Waals surface area contributed by atoms with Crippen molar-refractivity contribution in [1.29, 1.82) is 0 Å². The maximum absolute atomic E-state index is 5.69. The Morgan fingerprint density at radius 1 is 1.21 bits per heavy atom. The van der Waals surface area contributed by atoms with E-state index in [4.69, 9.17) is 5.73 Å². The van der Waals surface area contributed by atoms with E-state index in [0.29, 0.717) is 0 Å². The molecule has 2 bridgehead atoms. The van der Waals surface area contributed by atoms with Gasteiger partial charge < -0.3 is 10.6 Å². The second-order valence-corrected chi connectivity index (χ2v) is 5.39. The van der Waals surface area contributed by atoms with Crippen LogP contribution in [-0.4, -0.2) is 30.6 Å². The molecule has 2 rings (SSSR count). The molecule has 0 amide bonds. The zero-order chi connectivity index (χ0) is 10.1. The quantitative estimate of drug-likeness (QED) is 0.744. The molecule has 0 aromatic carbocycles. The van der Waals surface area contributed by atoms with Crippen LogP contribution in [0.15, 0.2) is 0 Å². The Hall–Kier alpha value is -0.0800. The number of likely N-dealkylation sites (tertiary alicyclic amines) is 1. The normalized spacial score (nSPS) is 38.1. The number of hydrogen-bond acceptors (Lipinski definition) is 2. The van der Waals surface area contributed by atoms with E-state index >= 15 is 0 Å². The Morgan fingerprint density at radius 3 is 2.21 bits per heavy atom. The van der Waals surface area contributed by atoms with Crippen molar-refractivity contribution in [3.05, 3.63) is 0 Å². The monoisotopic (exact) mass is 196 g/mol. The first-order valence-corrected chi connectivity index (χ1v) is 6.16. The highest BCUT2D eigenvalue weighted by Gasteiger charge is 2.41. The highest BCUT2D eigenvalue weighted by atomic mass is 15.2. The number of hydrogen-bond donors (Lipinski definition) is 1. The van der Waals surface area contributed by atoms with Crippen LogP contribution in [0.3, 0.4) is 0 Å². The van der Waals surface area contributed by atoms with Crippen LogP contribution >= 0.6 is 0 Å². The zero-order valence-corrected chi connectivity index (χ0v) is 9.58. The molecule has 1 saturated carbocycles. The third kappa shape index (κ3) is 1.82. The van der Waals surface area contributed by atoms with Gasteiger partial charge in [0, 0.05) is 19.1 Å². The molecule has 14 heavy (non-hydrogen) atoms. The molecule has 0 aromatic heterocycles. The molecule has 2 atom stereocenters. The van der Waals surface area contributed by atoms with Crippen LogP contribution in [0.1, 0.15) is 33.1 Å². The number of nitrogens with two attached hydrogens (primary N) is 1. The van der Waals surface area contributed by atoms with Crippen molar-refractivity contribution in [1.82, 2.24) is 4.90 Å². The molecular formula is C12H24N2. The number of rotatable bonds is 3. The van der Waals surface area contributed by atoms with Gasteiger partial charge in [0.1, 0.15) is 0 Å². The second kappa shape index (κ2) is 4.19. The van der Waals surface area contributed by atoms with Crippen LogP contribution in [0.4, 0.5) is 0 Å². The summed E-state index contributed by atoms with van der Waals surface area (Å²) in [4.78, 5) is 2.66. The SMILES string of the molecule is CC(C)N1CC2CCC(C1)C2CCN. The maximum atomic E-state index is 5.69. The fourth-order valence-corrected chi connectivity index (χ4v) is 3.46. The molecule has 2 heteroatoms. The van der Waals surface area contributed by atoms with Crippen molar-refractivity contribution in [3.8, 4) is 0 Å². The Balaban J connectivity index is 1.97. The van der Waals surface area contributed by atoms with Gasteiger partial charge in [-0.1, -0.05) is 0 Å². The topological polar surface area (TPSA) is 29.3 Å². The molecule has 0 radical (unpaired) electrons. The van der Waals surface area contributed by atoms with Gasteiger partial charge in [0.15, 0.2) is 0 Å². The summed E-state index contributed by atoms with van der Waals surface area (Å²) in [5.74, 6) is 2.87. The lowest BCUT2D eigenvalue weighted by Gasteiger charge is -2.40. The summed E-state index contributed by atoms with van der Waals surface area (Å²) >= 11 is 0. The van der Waals surface area contributed by atoms with Gasteiger partial charge in [-0.2, -0.15) is 0 Å². The fourth-order valence-electron chi connectivity index (χ4n) is 3.46. The summed E-state index contributed by atoms with van der Waals surface area (Å²) in [6, 6.07) is 0.733. The lowest BCUT2D eigenvalue weighted by atomic mass is 9.82. The van der Waals surface area contributed by atoms with Crippen molar-refractivity contribution in [3.63, 3.8) is 0 Å². The molecule has 2 nitrogen and oxygen atoms in total. The predicted octanol–water partition coefficient (Wildman–Crippen LogP) is 1.70. The minimum absolute atomic E-state index is 0.733. The van der Waals surface area contributed by atoms with Crippen LogP contribution in [0, 0.1) is 17.8 Å². The Kier molecular flexibility index (Phi) is 3.13. The summed E-state index contributed by atoms with van der Waals surface area (Å²) in [5, 5.41) is 0.